The van der Waals surface area contributed by atoms with E-state index in [1.165, 1.54) is 0 Å². The lowest BCUT2D eigenvalue weighted by molar-refractivity contribution is -0.130. The number of hydrogen-bond acceptors (Lipinski definition) is 2. The second-order valence-electron chi connectivity index (χ2n) is 6.70. The van der Waals surface area contributed by atoms with E-state index in [1.807, 2.05) is 69.3 Å². The highest BCUT2D eigenvalue weighted by Gasteiger charge is 2.25. The Labute approximate surface area is 159 Å². The van der Waals surface area contributed by atoms with E-state index in [-0.39, 0.29) is 30.2 Å². The van der Waals surface area contributed by atoms with E-state index in [2.05, 4.69) is 10.6 Å². The number of carbonyl (C=O) groups is 2. The Morgan fingerprint density at radius 2 is 1.54 bits per heavy atom. The van der Waals surface area contributed by atoms with Crippen molar-refractivity contribution < 1.29 is 9.59 Å². The van der Waals surface area contributed by atoms with Gasteiger partial charge in [-0.2, -0.15) is 0 Å². The molecule has 0 aromatic heterocycles. The lowest BCUT2D eigenvalue weighted by atomic mass is 10.0. The largest absolute Gasteiger partial charge is 0.348 e. The summed E-state index contributed by atoms with van der Waals surface area (Å²) < 4.78 is 0. The van der Waals surface area contributed by atoms with E-state index >= 15 is 0 Å². The summed E-state index contributed by atoms with van der Waals surface area (Å²) in [6, 6.07) is 16.0. The molecule has 2 amide bonds. The number of carbonyl (C=O) groups excluding carboxylic acids is 2. The monoisotopic (exact) mass is 372 g/mol. The first-order valence-electron chi connectivity index (χ1n) is 8.76. The predicted octanol–water partition coefficient (Wildman–Crippen LogP) is 3.90. The Kier molecular flexibility index (Phi) is 7.22. The molecular weight excluding hydrogens is 348 g/mol. The number of benzene rings is 2. The van der Waals surface area contributed by atoms with Crippen LogP contribution < -0.4 is 10.6 Å². The summed E-state index contributed by atoms with van der Waals surface area (Å²) in [4.78, 5) is 25.0. The van der Waals surface area contributed by atoms with Gasteiger partial charge >= 0.3 is 0 Å². The molecule has 0 aliphatic rings. The molecule has 2 atom stereocenters. The minimum absolute atomic E-state index is 0.0341. The molecule has 2 unspecified atom stereocenters. The van der Waals surface area contributed by atoms with Crippen molar-refractivity contribution in [2.75, 3.05) is 0 Å². The molecule has 2 aromatic carbocycles. The number of nitrogens with one attached hydrogen (secondary N) is 2. The topological polar surface area (TPSA) is 58.2 Å². The van der Waals surface area contributed by atoms with Crippen LogP contribution in [-0.2, 0) is 16.0 Å². The smallest absolute Gasteiger partial charge is 0.243 e. The molecule has 2 N–H and O–H groups in total. The first-order valence-corrected chi connectivity index (χ1v) is 9.14. The fraction of sp³-hybridized carbons (Fsp3) is 0.333. The SMILES string of the molecule is CC(NC(=O)C(NC(=O)Cc1ccccc1)C(C)C)c1ccccc1Cl. The van der Waals surface area contributed by atoms with E-state index < -0.39 is 6.04 Å². The highest BCUT2D eigenvalue weighted by Crippen LogP contribution is 2.22. The van der Waals surface area contributed by atoms with Crippen molar-refractivity contribution in [3.63, 3.8) is 0 Å². The molecule has 0 radical (unpaired) electrons. The maximum absolute atomic E-state index is 12.7. The standard InChI is InChI=1S/C21H25ClN2O2/c1-14(2)20(24-19(25)13-16-9-5-4-6-10-16)21(26)23-15(3)17-11-7-8-12-18(17)22/h4-12,14-15,20H,13H2,1-3H3,(H,23,26)(H,24,25). The summed E-state index contributed by atoms with van der Waals surface area (Å²) in [5.41, 5.74) is 1.76. The second-order valence-corrected chi connectivity index (χ2v) is 7.11. The highest BCUT2D eigenvalue weighted by molar-refractivity contribution is 6.31. The molecule has 0 spiro atoms. The van der Waals surface area contributed by atoms with Crippen molar-refractivity contribution in [1.29, 1.82) is 0 Å². The quantitative estimate of drug-likeness (QED) is 0.774. The van der Waals surface area contributed by atoms with Gasteiger partial charge in [-0.15, -0.1) is 0 Å². The Morgan fingerprint density at radius 1 is 0.923 bits per heavy atom. The molecule has 5 heteroatoms. The minimum atomic E-state index is -0.601. The maximum atomic E-state index is 12.7. The van der Waals surface area contributed by atoms with Gasteiger partial charge in [0.05, 0.1) is 12.5 Å². The number of amides is 2. The number of rotatable bonds is 7. The van der Waals surface area contributed by atoms with Crippen LogP contribution in [0.15, 0.2) is 54.6 Å². The average molecular weight is 373 g/mol. The van der Waals surface area contributed by atoms with Crippen LogP contribution in [0.4, 0.5) is 0 Å². The molecule has 138 valence electrons. The molecule has 2 aromatic rings. The summed E-state index contributed by atoms with van der Waals surface area (Å²) in [6.07, 6.45) is 0.247. The van der Waals surface area contributed by atoms with Crippen molar-refractivity contribution >= 4 is 23.4 Å². The zero-order valence-corrected chi connectivity index (χ0v) is 16.1. The van der Waals surface area contributed by atoms with Crippen molar-refractivity contribution in [2.45, 2.75) is 39.3 Å². The highest BCUT2D eigenvalue weighted by atomic mass is 35.5. The van der Waals surface area contributed by atoms with Crippen LogP contribution in [0.5, 0.6) is 0 Å². The molecule has 26 heavy (non-hydrogen) atoms. The summed E-state index contributed by atoms with van der Waals surface area (Å²) in [6.45, 7) is 5.70. The van der Waals surface area contributed by atoms with Crippen LogP contribution in [0.3, 0.4) is 0 Å². The van der Waals surface area contributed by atoms with Gasteiger partial charge in [0.2, 0.25) is 11.8 Å². The fourth-order valence-electron chi connectivity index (χ4n) is 2.75. The summed E-state index contributed by atoms with van der Waals surface area (Å²) >= 11 is 6.20. The van der Waals surface area contributed by atoms with Crippen molar-refractivity contribution in [3.8, 4) is 0 Å². The molecule has 0 bridgehead atoms. The molecule has 4 nitrogen and oxygen atoms in total. The first kappa shape index (κ1) is 20.0. The van der Waals surface area contributed by atoms with Crippen molar-refractivity contribution in [1.82, 2.24) is 10.6 Å². The van der Waals surface area contributed by atoms with Crippen LogP contribution >= 0.6 is 11.6 Å². The molecular formula is C21H25ClN2O2. The second kappa shape index (κ2) is 9.39. The van der Waals surface area contributed by atoms with Crippen LogP contribution in [0, 0.1) is 5.92 Å². The Balaban J connectivity index is 2.00. The molecule has 2 rings (SSSR count). The van der Waals surface area contributed by atoms with Gasteiger partial charge in [-0.25, -0.2) is 0 Å². The van der Waals surface area contributed by atoms with Crippen LogP contribution in [-0.4, -0.2) is 17.9 Å². The van der Waals surface area contributed by atoms with E-state index in [4.69, 9.17) is 11.6 Å². The van der Waals surface area contributed by atoms with E-state index in [9.17, 15) is 9.59 Å². The third-order valence-corrected chi connectivity index (χ3v) is 4.55. The Hall–Kier alpha value is -2.33. The fourth-order valence-corrected chi connectivity index (χ4v) is 3.05. The average Bonchev–Trinajstić information content (AvgIpc) is 2.60. The molecule has 0 heterocycles. The van der Waals surface area contributed by atoms with Gasteiger partial charge in [-0.1, -0.05) is 74.0 Å². The van der Waals surface area contributed by atoms with Gasteiger partial charge in [-0.3, -0.25) is 9.59 Å². The van der Waals surface area contributed by atoms with Crippen molar-refractivity contribution in [2.24, 2.45) is 5.92 Å². The predicted molar refractivity (Wildman–Crippen MR) is 105 cm³/mol. The van der Waals surface area contributed by atoms with Gasteiger partial charge in [-0.05, 0) is 30.0 Å². The van der Waals surface area contributed by atoms with Crippen LogP contribution in [0.1, 0.15) is 37.9 Å². The lowest BCUT2D eigenvalue weighted by Crippen LogP contribution is -2.50. The third-order valence-electron chi connectivity index (χ3n) is 4.20. The number of halogens is 1. The molecule has 0 saturated carbocycles. The van der Waals surface area contributed by atoms with Crippen LogP contribution in [0.2, 0.25) is 5.02 Å². The van der Waals surface area contributed by atoms with Gasteiger partial charge < -0.3 is 10.6 Å². The molecule has 0 aliphatic heterocycles. The number of hydrogen-bond donors (Lipinski definition) is 2. The maximum Gasteiger partial charge on any atom is 0.243 e. The zero-order valence-electron chi connectivity index (χ0n) is 15.3. The molecule has 0 fully saturated rings. The summed E-state index contributed by atoms with van der Waals surface area (Å²) in [7, 11) is 0. The zero-order chi connectivity index (χ0) is 19.1. The van der Waals surface area contributed by atoms with E-state index in [1.54, 1.807) is 6.07 Å². The summed E-state index contributed by atoms with van der Waals surface area (Å²) in [5.74, 6) is -0.419. The van der Waals surface area contributed by atoms with E-state index in [0.717, 1.165) is 11.1 Å². The molecule has 0 aliphatic carbocycles. The third kappa shape index (κ3) is 5.60. The van der Waals surface area contributed by atoms with Crippen LogP contribution in [0.25, 0.3) is 0 Å². The minimum Gasteiger partial charge on any atom is -0.348 e. The van der Waals surface area contributed by atoms with Gasteiger partial charge in [0.1, 0.15) is 6.04 Å². The Morgan fingerprint density at radius 3 is 2.15 bits per heavy atom. The van der Waals surface area contributed by atoms with Gasteiger partial charge in [0.25, 0.3) is 0 Å². The first-order chi connectivity index (χ1) is 12.4. The Bertz CT molecular complexity index is 747. The van der Waals surface area contributed by atoms with E-state index in [0.29, 0.717) is 5.02 Å². The van der Waals surface area contributed by atoms with Crippen molar-refractivity contribution in [3.05, 3.63) is 70.7 Å². The molecule has 0 saturated heterocycles. The van der Waals surface area contributed by atoms with Gasteiger partial charge in [0, 0.05) is 5.02 Å². The normalized spacial score (nSPS) is 13.1. The summed E-state index contributed by atoms with van der Waals surface area (Å²) in [5, 5.41) is 6.41. The lowest BCUT2D eigenvalue weighted by Gasteiger charge is -2.24. The van der Waals surface area contributed by atoms with Gasteiger partial charge in [0.15, 0.2) is 0 Å².